The monoisotopic (exact) mass is 428 g/mol. The van der Waals surface area contributed by atoms with E-state index in [1.807, 2.05) is 29.2 Å². The van der Waals surface area contributed by atoms with Crippen molar-refractivity contribution in [1.82, 2.24) is 20.4 Å². The molecule has 3 amide bonds. The third-order valence-corrected chi connectivity index (χ3v) is 6.65. The molecule has 1 aromatic carbocycles. The van der Waals surface area contributed by atoms with Crippen LogP contribution in [0.5, 0.6) is 0 Å². The van der Waals surface area contributed by atoms with E-state index in [1.54, 1.807) is 0 Å². The van der Waals surface area contributed by atoms with Crippen molar-refractivity contribution in [3.05, 3.63) is 35.4 Å². The van der Waals surface area contributed by atoms with E-state index in [0.717, 1.165) is 55.8 Å². The number of urea groups is 1. The fourth-order valence-electron chi connectivity index (χ4n) is 4.73. The molecule has 0 saturated carbocycles. The molecule has 0 bridgehead atoms. The number of piperidine rings is 2. The normalized spacial score (nSPS) is 22.2. The highest BCUT2D eigenvalue weighted by Crippen LogP contribution is 2.19. The van der Waals surface area contributed by atoms with Gasteiger partial charge < -0.3 is 20.4 Å². The maximum atomic E-state index is 12.7. The average Bonchev–Trinajstić information content (AvgIpc) is 2.78. The van der Waals surface area contributed by atoms with Crippen LogP contribution in [0.4, 0.5) is 4.79 Å². The summed E-state index contributed by atoms with van der Waals surface area (Å²) in [7, 11) is 0. The Kier molecular flexibility index (Phi) is 9.19. The smallest absolute Gasteiger partial charge is 0.315 e. The lowest BCUT2D eigenvalue weighted by Crippen LogP contribution is -2.42. The van der Waals surface area contributed by atoms with Crippen molar-refractivity contribution >= 4 is 11.9 Å². The minimum atomic E-state index is -0.131. The number of likely N-dealkylation sites (tertiary alicyclic amines) is 2. The molecule has 2 heterocycles. The molecule has 3 rings (SSSR count). The molecule has 6 nitrogen and oxygen atoms in total. The predicted molar refractivity (Wildman–Crippen MR) is 125 cm³/mol. The van der Waals surface area contributed by atoms with Crippen LogP contribution in [0.15, 0.2) is 24.3 Å². The summed E-state index contributed by atoms with van der Waals surface area (Å²) in [6, 6.07) is 7.80. The highest BCUT2D eigenvalue weighted by molar-refractivity contribution is 5.94. The summed E-state index contributed by atoms with van der Waals surface area (Å²) in [5.41, 5.74) is 1.72. The Morgan fingerprint density at radius 3 is 2.52 bits per heavy atom. The molecule has 0 spiro atoms. The summed E-state index contributed by atoms with van der Waals surface area (Å²) in [5, 5.41) is 5.86. The number of nitrogens with one attached hydrogen (secondary N) is 2. The molecule has 1 aromatic rings. The molecule has 172 valence electrons. The van der Waals surface area contributed by atoms with Crippen molar-refractivity contribution in [2.75, 3.05) is 32.7 Å². The maximum Gasteiger partial charge on any atom is 0.315 e. The maximum absolute atomic E-state index is 12.7. The van der Waals surface area contributed by atoms with E-state index in [0.29, 0.717) is 19.1 Å². The van der Waals surface area contributed by atoms with Gasteiger partial charge in [0.25, 0.3) is 5.91 Å². The molecule has 0 radical (unpaired) electrons. The van der Waals surface area contributed by atoms with E-state index in [9.17, 15) is 9.59 Å². The number of rotatable bonds is 8. The largest absolute Gasteiger partial charge is 0.338 e. The van der Waals surface area contributed by atoms with Gasteiger partial charge in [0.1, 0.15) is 0 Å². The molecule has 2 aliphatic heterocycles. The van der Waals surface area contributed by atoms with Crippen LogP contribution in [0.25, 0.3) is 0 Å². The van der Waals surface area contributed by atoms with Crippen LogP contribution in [0.1, 0.15) is 74.7 Å². The highest BCUT2D eigenvalue weighted by atomic mass is 16.2. The number of hydrogen-bond donors (Lipinski definition) is 2. The van der Waals surface area contributed by atoms with Crippen LogP contribution < -0.4 is 10.6 Å². The van der Waals surface area contributed by atoms with Gasteiger partial charge in [-0.25, -0.2) is 4.79 Å². The lowest BCUT2D eigenvalue weighted by Gasteiger charge is -2.33. The molecule has 2 atom stereocenters. The molecule has 0 aliphatic carbocycles. The van der Waals surface area contributed by atoms with Crippen LogP contribution in [0.3, 0.4) is 0 Å². The Balaban J connectivity index is 1.30. The average molecular weight is 429 g/mol. The first-order valence-corrected chi connectivity index (χ1v) is 12.2. The van der Waals surface area contributed by atoms with Crippen molar-refractivity contribution in [1.29, 1.82) is 0 Å². The lowest BCUT2D eigenvalue weighted by atomic mass is 10.0. The quantitative estimate of drug-likeness (QED) is 0.615. The standard InChI is InChI=1S/C25H40N4O2/c1-20-8-7-16-28(19-20)15-6-4-14-26-25(31)27-18-22-10-12-23(13-11-22)24(30)29-17-5-3-9-21(29)2/h10-13,20-21H,3-9,14-19H2,1-2H3,(H2,26,27,31). The molecular formula is C25H40N4O2. The Hall–Kier alpha value is -2.08. The van der Waals surface area contributed by atoms with Gasteiger partial charge in [-0.05, 0) is 88.6 Å². The van der Waals surface area contributed by atoms with Crippen molar-refractivity contribution in [3.63, 3.8) is 0 Å². The SMILES string of the molecule is CC1CCCN(CCCCNC(=O)NCc2ccc(C(=O)N3CCCCC3C)cc2)C1. The van der Waals surface area contributed by atoms with Crippen molar-refractivity contribution in [2.45, 2.75) is 71.4 Å². The summed E-state index contributed by atoms with van der Waals surface area (Å²) in [6.45, 7) is 10.0. The van der Waals surface area contributed by atoms with E-state index in [-0.39, 0.29) is 11.9 Å². The lowest BCUT2D eigenvalue weighted by molar-refractivity contribution is 0.0635. The second-order valence-electron chi connectivity index (χ2n) is 9.40. The van der Waals surface area contributed by atoms with E-state index in [4.69, 9.17) is 0 Å². The number of carbonyl (C=O) groups is 2. The molecule has 2 N–H and O–H groups in total. The van der Waals surface area contributed by atoms with Gasteiger partial charge in [-0.3, -0.25) is 4.79 Å². The molecule has 6 heteroatoms. The van der Waals surface area contributed by atoms with Gasteiger partial charge >= 0.3 is 6.03 Å². The second kappa shape index (κ2) is 12.1. The van der Waals surface area contributed by atoms with Gasteiger partial charge in [-0.15, -0.1) is 0 Å². The fraction of sp³-hybridized carbons (Fsp3) is 0.680. The molecule has 2 aliphatic rings. The molecule has 0 aromatic heterocycles. The number of hydrogen-bond acceptors (Lipinski definition) is 3. The number of nitrogens with zero attached hydrogens (tertiary/aromatic N) is 2. The van der Waals surface area contributed by atoms with Crippen LogP contribution in [-0.2, 0) is 6.54 Å². The zero-order valence-electron chi connectivity index (χ0n) is 19.4. The van der Waals surface area contributed by atoms with Gasteiger partial charge in [0.05, 0.1) is 0 Å². The van der Waals surface area contributed by atoms with E-state index >= 15 is 0 Å². The van der Waals surface area contributed by atoms with Crippen LogP contribution >= 0.6 is 0 Å². The van der Waals surface area contributed by atoms with Crippen molar-refractivity contribution in [3.8, 4) is 0 Å². The molecular weight excluding hydrogens is 388 g/mol. The summed E-state index contributed by atoms with van der Waals surface area (Å²) in [4.78, 5) is 29.3. The number of benzene rings is 1. The highest BCUT2D eigenvalue weighted by Gasteiger charge is 2.24. The third kappa shape index (κ3) is 7.53. The first kappa shape index (κ1) is 23.6. The Bertz CT molecular complexity index is 706. The summed E-state index contributed by atoms with van der Waals surface area (Å²) in [6.07, 6.45) is 8.17. The third-order valence-electron chi connectivity index (χ3n) is 6.65. The van der Waals surface area contributed by atoms with E-state index < -0.39 is 0 Å². The van der Waals surface area contributed by atoms with Gasteiger partial charge in [-0.2, -0.15) is 0 Å². The Labute approximate surface area is 187 Å². The van der Waals surface area contributed by atoms with Crippen LogP contribution in [0.2, 0.25) is 0 Å². The van der Waals surface area contributed by atoms with Crippen LogP contribution in [-0.4, -0.2) is 60.5 Å². The molecule has 2 unspecified atom stereocenters. The van der Waals surface area contributed by atoms with Gasteiger partial charge in [0.2, 0.25) is 0 Å². The predicted octanol–water partition coefficient (Wildman–Crippen LogP) is 4.01. The first-order chi connectivity index (χ1) is 15.0. The van der Waals surface area contributed by atoms with Gasteiger partial charge in [0.15, 0.2) is 0 Å². The first-order valence-electron chi connectivity index (χ1n) is 12.2. The Morgan fingerprint density at radius 2 is 1.77 bits per heavy atom. The summed E-state index contributed by atoms with van der Waals surface area (Å²) in [5.74, 6) is 0.932. The number of amides is 3. The fourth-order valence-corrected chi connectivity index (χ4v) is 4.73. The minimum Gasteiger partial charge on any atom is -0.338 e. The number of unbranched alkanes of at least 4 members (excludes halogenated alkanes) is 1. The van der Waals surface area contributed by atoms with Gasteiger partial charge in [-0.1, -0.05) is 19.1 Å². The second-order valence-corrected chi connectivity index (χ2v) is 9.40. The number of carbonyl (C=O) groups excluding carboxylic acids is 2. The topological polar surface area (TPSA) is 64.7 Å². The summed E-state index contributed by atoms with van der Waals surface area (Å²) < 4.78 is 0. The van der Waals surface area contributed by atoms with Crippen molar-refractivity contribution in [2.24, 2.45) is 5.92 Å². The molecule has 2 saturated heterocycles. The van der Waals surface area contributed by atoms with Crippen LogP contribution in [0, 0.1) is 5.92 Å². The van der Waals surface area contributed by atoms with Crippen molar-refractivity contribution < 1.29 is 9.59 Å². The molecule has 2 fully saturated rings. The zero-order valence-corrected chi connectivity index (χ0v) is 19.4. The van der Waals surface area contributed by atoms with E-state index in [2.05, 4.69) is 29.4 Å². The minimum absolute atomic E-state index is 0.114. The molecule has 31 heavy (non-hydrogen) atoms. The van der Waals surface area contributed by atoms with E-state index in [1.165, 1.54) is 32.4 Å². The van der Waals surface area contributed by atoms with Gasteiger partial charge in [0, 0.05) is 37.8 Å². The summed E-state index contributed by atoms with van der Waals surface area (Å²) >= 11 is 0. The Morgan fingerprint density at radius 1 is 0.968 bits per heavy atom. The zero-order chi connectivity index (χ0) is 22.1.